The van der Waals surface area contributed by atoms with Crippen LogP contribution in [0.2, 0.25) is 0 Å². The van der Waals surface area contributed by atoms with E-state index in [1.165, 1.54) is 0 Å². The molecule has 4 heteroatoms. The zero-order chi connectivity index (χ0) is 15.6. The van der Waals surface area contributed by atoms with Gasteiger partial charge >= 0.3 is 0 Å². The van der Waals surface area contributed by atoms with E-state index < -0.39 is 0 Å². The van der Waals surface area contributed by atoms with Gasteiger partial charge in [0.05, 0.1) is 46.6 Å². The fourth-order valence-electron chi connectivity index (χ4n) is 2.03. The fourth-order valence-corrected chi connectivity index (χ4v) is 2.03. The number of hydrogen-bond donors (Lipinski definition) is 0. The lowest BCUT2D eigenvalue weighted by atomic mass is 10.2. The molecule has 0 spiro atoms. The van der Waals surface area contributed by atoms with Crippen molar-refractivity contribution in [2.45, 2.75) is 58.3 Å². The van der Waals surface area contributed by atoms with Crippen molar-refractivity contribution in [3.05, 3.63) is 0 Å². The molecular weight excluding hydrogens is 254 g/mol. The number of methoxy groups -OCH3 is 1. The first kappa shape index (κ1) is 19.8. The largest absolute Gasteiger partial charge is 0.379 e. The Balaban J connectivity index is 4.09. The molecule has 0 saturated heterocycles. The predicted molar refractivity (Wildman–Crippen MR) is 84.0 cm³/mol. The molecule has 0 rings (SSSR count). The van der Waals surface area contributed by atoms with Crippen LogP contribution in [0.1, 0.15) is 40.0 Å². The van der Waals surface area contributed by atoms with Crippen LogP contribution in [-0.2, 0) is 14.2 Å². The van der Waals surface area contributed by atoms with Gasteiger partial charge in [-0.3, -0.25) is 0 Å². The van der Waals surface area contributed by atoms with Crippen LogP contribution >= 0.6 is 0 Å². The third-order valence-corrected chi connectivity index (χ3v) is 3.49. The average Bonchev–Trinajstić information content (AvgIpc) is 2.40. The summed E-state index contributed by atoms with van der Waals surface area (Å²) < 4.78 is 18.2. The van der Waals surface area contributed by atoms with E-state index in [1.54, 1.807) is 7.11 Å². The van der Waals surface area contributed by atoms with Gasteiger partial charge in [-0.25, -0.2) is 0 Å². The highest BCUT2D eigenvalue weighted by Gasteiger charge is 2.19. The van der Waals surface area contributed by atoms with Gasteiger partial charge in [-0.1, -0.05) is 20.8 Å². The molecule has 122 valence electrons. The maximum absolute atomic E-state index is 6.04. The second-order valence-electron chi connectivity index (χ2n) is 6.47. The van der Waals surface area contributed by atoms with Gasteiger partial charge in [0, 0.05) is 7.11 Å². The van der Waals surface area contributed by atoms with Gasteiger partial charge in [-0.05, 0) is 19.3 Å². The minimum absolute atomic E-state index is 0.167. The highest BCUT2D eigenvalue weighted by atomic mass is 16.6. The quantitative estimate of drug-likeness (QED) is 0.517. The molecule has 0 aromatic rings. The van der Waals surface area contributed by atoms with Crippen LogP contribution in [0, 0.1) is 0 Å². The molecule has 0 bridgehead atoms. The van der Waals surface area contributed by atoms with Crippen molar-refractivity contribution in [1.29, 1.82) is 0 Å². The van der Waals surface area contributed by atoms with E-state index in [-0.39, 0.29) is 12.2 Å². The van der Waals surface area contributed by atoms with Crippen LogP contribution in [0.5, 0.6) is 0 Å². The number of likely N-dealkylation sites (N-methyl/N-ethyl adjacent to an activating group) is 1. The number of rotatable bonds is 12. The highest BCUT2D eigenvalue weighted by molar-refractivity contribution is 4.61. The topological polar surface area (TPSA) is 27.7 Å². The van der Waals surface area contributed by atoms with E-state index in [9.17, 15) is 0 Å². The Morgan fingerprint density at radius 2 is 1.20 bits per heavy atom. The summed E-state index contributed by atoms with van der Waals surface area (Å²) in [5.74, 6) is 0. The molecule has 0 aliphatic rings. The molecule has 4 nitrogen and oxygen atoms in total. The summed E-state index contributed by atoms with van der Waals surface area (Å²) in [4.78, 5) is 0. The molecular formula is C16H36NO3+. The molecule has 0 amide bonds. The normalized spacial score (nSPS) is 16.9. The van der Waals surface area contributed by atoms with Crippen molar-refractivity contribution in [3.63, 3.8) is 0 Å². The molecule has 20 heavy (non-hydrogen) atoms. The van der Waals surface area contributed by atoms with Gasteiger partial charge in [0.1, 0.15) is 12.6 Å². The molecule has 0 N–H and O–H groups in total. The van der Waals surface area contributed by atoms with Gasteiger partial charge in [-0.2, -0.15) is 0 Å². The Labute approximate surface area is 126 Å². The minimum Gasteiger partial charge on any atom is -0.379 e. The Hall–Kier alpha value is -0.160. The third kappa shape index (κ3) is 9.70. The van der Waals surface area contributed by atoms with Gasteiger partial charge < -0.3 is 18.7 Å². The van der Waals surface area contributed by atoms with Crippen molar-refractivity contribution in [1.82, 2.24) is 0 Å². The second kappa shape index (κ2) is 10.6. The zero-order valence-corrected chi connectivity index (χ0v) is 14.6. The Bertz CT molecular complexity index is 224. The van der Waals surface area contributed by atoms with Crippen LogP contribution in [0.15, 0.2) is 0 Å². The monoisotopic (exact) mass is 290 g/mol. The lowest BCUT2D eigenvalue weighted by Gasteiger charge is -2.30. The molecule has 0 aliphatic heterocycles. The van der Waals surface area contributed by atoms with Gasteiger partial charge in [0.2, 0.25) is 0 Å². The summed E-state index contributed by atoms with van der Waals surface area (Å²) in [6.07, 6.45) is 3.66. The minimum atomic E-state index is 0.167. The third-order valence-electron chi connectivity index (χ3n) is 3.49. The summed E-state index contributed by atoms with van der Waals surface area (Å²) in [5.41, 5.74) is 0. The summed E-state index contributed by atoms with van der Waals surface area (Å²) in [5, 5.41) is 0. The van der Waals surface area contributed by atoms with E-state index >= 15 is 0 Å². The Morgan fingerprint density at radius 3 is 1.60 bits per heavy atom. The number of ether oxygens (including phenoxy) is 3. The van der Waals surface area contributed by atoms with Gasteiger partial charge in [0.15, 0.2) is 0 Å². The summed E-state index contributed by atoms with van der Waals surface area (Å²) in [6.45, 7) is 8.80. The second-order valence-corrected chi connectivity index (χ2v) is 6.47. The first-order chi connectivity index (χ1) is 9.36. The predicted octanol–water partition coefficient (Wildman–Crippen LogP) is 2.71. The Morgan fingerprint density at radius 1 is 0.750 bits per heavy atom. The van der Waals surface area contributed by atoms with Crippen LogP contribution in [0.25, 0.3) is 0 Å². The smallest absolute Gasteiger partial charge is 0.106 e. The van der Waals surface area contributed by atoms with E-state index in [0.717, 1.165) is 30.3 Å². The summed E-state index contributed by atoms with van der Waals surface area (Å²) >= 11 is 0. The van der Waals surface area contributed by atoms with Gasteiger partial charge in [-0.15, -0.1) is 0 Å². The first-order valence-corrected chi connectivity index (χ1v) is 7.92. The zero-order valence-electron chi connectivity index (χ0n) is 14.6. The maximum atomic E-state index is 6.04. The van der Waals surface area contributed by atoms with Crippen molar-refractivity contribution in [2.24, 2.45) is 0 Å². The number of nitrogens with zero attached hydrogens (tertiary/aromatic N) is 1. The molecule has 0 saturated carbocycles. The first-order valence-electron chi connectivity index (χ1n) is 7.92. The lowest BCUT2D eigenvalue weighted by Crippen LogP contribution is -2.43. The molecule has 3 unspecified atom stereocenters. The van der Waals surface area contributed by atoms with Crippen molar-refractivity contribution in [2.75, 3.05) is 48.0 Å². The van der Waals surface area contributed by atoms with E-state index in [4.69, 9.17) is 14.2 Å². The number of quaternary nitrogens is 1. The van der Waals surface area contributed by atoms with Crippen LogP contribution < -0.4 is 0 Å². The molecule has 0 aliphatic carbocycles. The van der Waals surface area contributed by atoms with Crippen LogP contribution in [0.3, 0.4) is 0 Å². The van der Waals surface area contributed by atoms with E-state index in [0.29, 0.717) is 19.3 Å². The van der Waals surface area contributed by atoms with E-state index in [2.05, 4.69) is 41.9 Å². The SMILES string of the molecule is CCC(COC(CC)COC(CC)C[N+](C)(C)C)OC. The molecule has 3 atom stereocenters. The van der Waals surface area contributed by atoms with Crippen molar-refractivity contribution < 1.29 is 18.7 Å². The Kier molecular flexibility index (Phi) is 10.5. The summed E-state index contributed by atoms with van der Waals surface area (Å²) in [7, 11) is 8.34. The average molecular weight is 290 g/mol. The number of hydrogen-bond acceptors (Lipinski definition) is 3. The summed E-state index contributed by atoms with van der Waals surface area (Å²) in [6, 6.07) is 0. The molecule has 0 heterocycles. The fraction of sp³-hybridized carbons (Fsp3) is 1.00. The van der Waals surface area contributed by atoms with Crippen molar-refractivity contribution in [3.8, 4) is 0 Å². The van der Waals surface area contributed by atoms with E-state index in [1.807, 2.05) is 0 Å². The molecule has 0 aromatic carbocycles. The molecule has 0 aromatic heterocycles. The highest BCUT2D eigenvalue weighted by Crippen LogP contribution is 2.09. The lowest BCUT2D eigenvalue weighted by molar-refractivity contribution is -0.873. The molecule has 0 radical (unpaired) electrons. The molecule has 0 fully saturated rings. The maximum Gasteiger partial charge on any atom is 0.106 e. The van der Waals surface area contributed by atoms with Crippen LogP contribution in [0.4, 0.5) is 0 Å². The standard InChI is InChI=1S/C16H36NO3/c1-8-14(11-17(4,5)6)19-13-16(10-3)20-12-15(9-2)18-7/h14-16H,8-13H2,1-7H3/q+1. The van der Waals surface area contributed by atoms with Crippen molar-refractivity contribution >= 4 is 0 Å². The van der Waals surface area contributed by atoms with Crippen LogP contribution in [-0.4, -0.2) is 70.8 Å². The van der Waals surface area contributed by atoms with Gasteiger partial charge in [0.25, 0.3) is 0 Å².